The molecule has 0 saturated carbocycles. The summed E-state index contributed by atoms with van der Waals surface area (Å²) in [6, 6.07) is 3.16. The first-order valence-corrected chi connectivity index (χ1v) is 10.1. The molecule has 2 aromatic rings. The van der Waals surface area contributed by atoms with Crippen LogP contribution < -0.4 is 20.3 Å². The normalized spacial score (nSPS) is 11.0. The monoisotopic (exact) mass is 417 g/mol. The number of fused-ring (bicyclic) bond motifs is 1. The Morgan fingerprint density at radius 1 is 1.23 bits per heavy atom. The molecule has 30 heavy (non-hydrogen) atoms. The van der Waals surface area contributed by atoms with Gasteiger partial charge in [-0.05, 0) is 32.1 Å². The van der Waals surface area contributed by atoms with Crippen molar-refractivity contribution in [2.24, 2.45) is 0 Å². The van der Waals surface area contributed by atoms with Crippen molar-refractivity contribution in [3.05, 3.63) is 40.7 Å². The number of hydrogen-bond acceptors (Lipinski definition) is 6. The van der Waals surface area contributed by atoms with E-state index >= 15 is 0 Å². The van der Waals surface area contributed by atoms with Gasteiger partial charge < -0.3 is 29.4 Å². The highest BCUT2D eigenvalue weighted by atomic mass is 16.5. The zero-order valence-electron chi connectivity index (χ0n) is 18.2. The molecule has 1 amide bonds. The summed E-state index contributed by atoms with van der Waals surface area (Å²) in [7, 11) is 2.96. The van der Waals surface area contributed by atoms with Crippen LogP contribution in [-0.2, 0) is 6.54 Å². The quantitative estimate of drug-likeness (QED) is 0.431. The third-order valence-electron chi connectivity index (χ3n) is 5.11. The van der Waals surface area contributed by atoms with Crippen LogP contribution in [0.25, 0.3) is 10.9 Å². The molecule has 0 unspecified atom stereocenters. The van der Waals surface area contributed by atoms with Crippen molar-refractivity contribution in [2.75, 3.05) is 40.4 Å². The number of aromatic hydroxyl groups is 1. The third kappa shape index (κ3) is 4.76. The van der Waals surface area contributed by atoms with E-state index < -0.39 is 11.5 Å². The van der Waals surface area contributed by atoms with Gasteiger partial charge in [-0.15, -0.1) is 6.58 Å². The minimum Gasteiger partial charge on any atom is -0.506 e. The van der Waals surface area contributed by atoms with Crippen molar-refractivity contribution in [3.63, 3.8) is 0 Å². The molecule has 0 radical (unpaired) electrons. The highest BCUT2D eigenvalue weighted by Crippen LogP contribution is 2.36. The van der Waals surface area contributed by atoms with Crippen LogP contribution in [0.3, 0.4) is 0 Å². The first-order chi connectivity index (χ1) is 14.4. The molecule has 8 nitrogen and oxygen atoms in total. The van der Waals surface area contributed by atoms with Gasteiger partial charge in [0.2, 0.25) is 0 Å². The predicted molar refractivity (Wildman–Crippen MR) is 118 cm³/mol. The average molecular weight is 418 g/mol. The Hall–Kier alpha value is -3.00. The second-order valence-electron chi connectivity index (χ2n) is 6.79. The lowest BCUT2D eigenvalue weighted by atomic mass is 10.1. The number of rotatable bonds is 11. The molecule has 0 aliphatic carbocycles. The van der Waals surface area contributed by atoms with E-state index in [2.05, 4.69) is 30.6 Å². The van der Waals surface area contributed by atoms with E-state index in [0.29, 0.717) is 28.9 Å². The molecule has 0 fully saturated rings. The summed E-state index contributed by atoms with van der Waals surface area (Å²) in [4.78, 5) is 28.1. The van der Waals surface area contributed by atoms with Gasteiger partial charge in [0.15, 0.2) is 11.5 Å². The van der Waals surface area contributed by atoms with Crippen molar-refractivity contribution in [1.29, 1.82) is 0 Å². The predicted octanol–water partition coefficient (Wildman–Crippen LogP) is 2.37. The SMILES string of the molecule is C=CCn1c(=O)c(C(=O)NCCCN(CC)CC)c(O)c2cc(OC)c(OC)cc21. The molecule has 0 aliphatic heterocycles. The van der Waals surface area contributed by atoms with Crippen LogP contribution in [0.1, 0.15) is 30.6 Å². The van der Waals surface area contributed by atoms with Crippen LogP contribution in [-0.4, -0.2) is 60.9 Å². The highest BCUT2D eigenvalue weighted by Gasteiger charge is 2.23. The Morgan fingerprint density at radius 3 is 2.43 bits per heavy atom. The number of pyridine rings is 1. The van der Waals surface area contributed by atoms with E-state index in [-0.39, 0.29) is 17.9 Å². The van der Waals surface area contributed by atoms with Crippen LogP contribution in [0.15, 0.2) is 29.6 Å². The zero-order valence-corrected chi connectivity index (χ0v) is 18.2. The standard InChI is InChI=1S/C22H31N3O5/c1-6-11-25-16-14-18(30-5)17(29-4)13-15(16)20(26)19(22(25)28)21(27)23-10-9-12-24(7-2)8-3/h6,13-14,26H,1,7-12H2,2-5H3,(H,23,27). The highest BCUT2D eigenvalue weighted by molar-refractivity contribution is 6.03. The molecule has 2 N–H and O–H groups in total. The number of hydrogen-bond donors (Lipinski definition) is 2. The lowest BCUT2D eigenvalue weighted by Gasteiger charge is -2.18. The van der Waals surface area contributed by atoms with Gasteiger partial charge in [0.1, 0.15) is 11.3 Å². The Bertz CT molecular complexity index is 964. The van der Waals surface area contributed by atoms with Crippen LogP contribution in [0.5, 0.6) is 17.2 Å². The van der Waals surface area contributed by atoms with E-state index in [1.807, 2.05) is 0 Å². The zero-order chi connectivity index (χ0) is 22.3. The molecular formula is C22H31N3O5. The number of allylic oxidation sites excluding steroid dienone is 1. The van der Waals surface area contributed by atoms with Crippen LogP contribution in [0.4, 0.5) is 0 Å². The number of aromatic nitrogens is 1. The van der Waals surface area contributed by atoms with Crippen LogP contribution >= 0.6 is 0 Å². The molecule has 0 bridgehead atoms. The Morgan fingerprint density at radius 2 is 1.87 bits per heavy atom. The second-order valence-corrected chi connectivity index (χ2v) is 6.79. The van der Waals surface area contributed by atoms with E-state index in [9.17, 15) is 14.7 Å². The van der Waals surface area contributed by atoms with Crippen molar-refractivity contribution >= 4 is 16.8 Å². The smallest absolute Gasteiger partial charge is 0.268 e. The lowest BCUT2D eigenvalue weighted by Crippen LogP contribution is -2.35. The summed E-state index contributed by atoms with van der Waals surface area (Å²) in [6.45, 7) is 11.1. The van der Waals surface area contributed by atoms with Gasteiger partial charge in [-0.3, -0.25) is 9.59 Å². The molecule has 164 valence electrons. The van der Waals surface area contributed by atoms with E-state index in [0.717, 1.165) is 26.1 Å². The van der Waals surface area contributed by atoms with Gasteiger partial charge in [-0.1, -0.05) is 19.9 Å². The van der Waals surface area contributed by atoms with E-state index in [1.54, 1.807) is 18.2 Å². The third-order valence-corrected chi connectivity index (χ3v) is 5.11. The second kappa shape index (κ2) is 10.7. The number of benzene rings is 1. The summed E-state index contributed by atoms with van der Waals surface area (Å²) in [5, 5.41) is 13.9. The summed E-state index contributed by atoms with van der Waals surface area (Å²) >= 11 is 0. The number of nitrogens with one attached hydrogen (secondary N) is 1. The molecule has 0 aliphatic rings. The van der Waals surface area contributed by atoms with Gasteiger partial charge in [0, 0.05) is 24.5 Å². The number of amides is 1. The van der Waals surface area contributed by atoms with Gasteiger partial charge in [-0.25, -0.2) is 0 Å². The molecule has 8 heteroatoms. The maximum Gasteiger partial charge on any atom is 0.268 e. The van der Waals surface area contributed by atoms with Gasteiger partial charge in [0.25, 0.3) is 11.5 Å². The number of carbonyl (C=O) groups is 1. The summed E-state index contributed by atoms with van der Waals surface area (Å²) in [6.07, 6.45) is 2.30. The van der Waals surface area contributed by atoms with Gasteiger partial charge >= 0.3 is 0 Å². The summed E-state index contributed by atoms with van der Waals surface area (Å²) < 4.78 is 12.0. The van der Waals surface area contributed by atoms with Crippen molar-refractivity contribution in [1.82, 2.24) is 14.8 Å². The fraction of sp³-hybridized carbons (Fsp3) is 0.455. The molecular weight excluding hydrogens is 386 g/mol. The largest absolute Gasteiger partial charge is 0.506 e. The minimum absolute atomic E-state index is 0.174. The molecule has 2 rings (SSSR count). The number of methoxy groups -OCH3 is 2. The fourth-order valence-electron chi connectivity index (χ4n) is 3.41. The molecule has 0 saturated heterocycles. The Kier molecular flexibility index (Phi) is 8.29. The lowest BCUT2D eigenvalue weighted by molar-refractivity contribution is 0.0947. The Balaban J connectivity index is 2.45. The molecule has 0 atom stereocenters. The fourth-order valence-corrected chi connectivity index (χ4v) is 3.41. The Labute approximate surface area is 176 Å². The minimum atomic E-state index is -0.605. The molecule has 1 heterocycles. The van der Waals surface area contributed by atoms with Gasteiger partial charge in [-0.2, -0.15) is 0 Å². The van der Waals surface area contributed by atoms with Crippen LogP contribution in [0.2, 0.25) is 0 Å². The molecule has 0 spiro atoms. The summed E-state index contributed by atoms with van der Waals surface area (Å²) in [5.41, 5.74) is -0.457. The van der Waals surface area contributed by atoms with Crippen molar-refractivity contribution in [3.8, 4) is 17.2 Å². The number of nitrogens with zero attached hydrogens (tertiary/aromatic N) is 2. The topological polar surface area (TPSA) is 93.0 Å². The first kappa shape index (κ1) is 23.3. The number of carbonyl (C=O) groups excluding carboxylic acids is 1. The van der Waals surface area contributed by atoms with Gasteiger partial charge in [0.05, 0.1) is 19.7 Å². The molecule has 1 aromatic heterocycles. The number of ether oxygens (including phenoxy) is 2. The maximum absolute atomic E-state index is 13.0. The maximum atomic E-state index is 13.0. The van der Waals surface area contributed by atoms with Crippen molar-refractivity contribution < 1.29 is 19.4 Å². The van der Waals surface area contributed by atoms with E-state index in [1.165, 1.54) is 18.8 Å². The first-order valence-electron chi connectivity index (χ1n) is 10.1. The molecule has 1 aromatic carbocycles. The van der Waals surface area contributed by atoms with Crippen LogP contribution in [0, 0.1) is 0 Å². The summed E-state index contributed by atoms with van der Waals surface area (Å²) in [5.74, 6) is -0.186. The average Bonchev–Trinajstić information content (AvgIpc) is 2.75. The van der Waals surface area contributed by atoms with Crippen molar-refractivity contribution in [2.45, 2.75) is 26.8 Å². The van der Waals surface area contributed by atoms with E-state index in [4.69, 9.17) is 9.47 Å².